The summed E-state index contributed by atoms with van der Waals surface area (Å²) in [5, 5.41) is 5.85. The van der Waals surface area contributed by atoms with Crippen LogP contribution in [0.1, 0.15) is 25.7 Å². The summed E-state index contributed by atoms with van der Waals surface area (Å²) in [6, 6.07) is 0.582. The molecule has 0 aromatic rings. The maximum atomic E-state index is 11.9. The van der Waals surface area contributed by atoms with Gasteiger partial charge in [0.2, 0.25) is 11.8 Å². The van der Waals surface area contributed by atoms with Crippen molar-refractivity contribution in [1.29, 1.82) is 0 Å². The third-order valence-corrected chi connectivity index (χ3v) is 4.82. The highest BCUT2D eigenvalue weighted by Crippen LogP contribution is 2.21. The van der Waals surface area contributed by atoms with E-state index >= 15 is 0 Å². The van der Waals surface area contributed by atoms with E-state index in [0.717, 1.165) is 52.1 Å². The van der Waals surface area contributed by atoms with Crippen LogP contribution in [0.5, 0.6) is 0 Å². The lowest BCUT2D eigenvalue weighted by molar-refractivity contribution is -0.138. The highest BCUT2D eigenvalue weighted by atomic mass is 16.2. The Morgan fingerprint density at radius 1 is 0.900 bits per heavy atom. The molecule has 0 radical (unpaired) electrons. The predicted octanol–water partition coefficient (Wildman–Crippen LogP) is -0.839. The van der Waals surface area contributed by atoms with Gasteiger partial charge in [0.1, 0.15) is 0 Å². The average molecular weight is 280 g/mol. The van der Waals surface area contributed by atoms with Gasteiger partial charge in [0, 0.05) is 51.7 Å². The number of nitrogens with one attached hydrogen (secondary N) is 2. The zero-order chi connectivity index (χ0) is 13.9. The first-order chi connectivity index (χ1) is 9.74. The molecule has 3 heterocycles. The quantitative estimate of drug-likeness (QED) is 0.646. The van der Waals surface area contributed by atoms with E-state index in [4.69, 9.17) is 0 Å². The minimum atomic E-state index is -0.123. The number of hydrogen-bond acceptors (Lipinski definition) is 5. The van der Waals surface area contributed by atoms with Gasteiger partial charge in [0.15, 0.2) is 0 Å². The summed E-state index contributed by atoms with van der Waals surface area (Å²) in [5.41, 5.74) is 0. The summed E-state index contributed by atoms with van der Waals surface area (Å²) in [6.45, 7) is 6.41. The molecule has 0 spiro atoms. The molecule has 0 saturated carbocycles. The minimum Gasteiger partial charge on any atom is -0.314 e. The van der Waals surface area contributed by atoms with Crippen molar-refractivity contribution >= 4 is 11.8 Å². The largest absolute Gasteiger partial charge is 0.314 e. The second-order valence-corrected chi connectivity index (χ2v) is 6.02. The topological polar surface area (TPSA) is 64.7 Å². The number of nitrogens with zero attached hydrogens (tertiary/aromatic N) is 2. The van der Waals surface area contributed by atoms with Gasteiger partial charge >= 0.3 is 0 Å². The number of piperazine rings is 1. The fraction of sp³-hybridized carbons (Fsp3) is 0.857. The summed E-state index contributed by atoms with van der Waals surface area (Å²) < 4.78 is 0. The molecule has 3 fully saturated rings. The van der Waals surface area contributed by atoms with E-state index in [1.807, 2.05) is 0 Å². The maximum absolute atomic E-state index is 11.9. The number of amides is 2. The first-order valence-electron chi connectivity index (χ1n) is 7.76. The summed E-state index contributed by atoms with van der Waals surface area (Å²) in [4.78, 5) is 27.9. The molecule has 0 aromatic carbocycles. The third kappa shape index (κ3) is 3.02. The Hall–Kier alpha value is -0.980. The molecule has 20 heavy (non-hydrogen) atoms. The second-order valence-electron chi connectivity index (χ2n) is 6.02. The van der Waals surface area contributed by atoms with Gasteiger partial charge in [-0.25, -0.2) is 0 Å². The monoisotopic (exact) mass is 280 g/mol. The Kier molecular flexibility index (Phi) is 4.33. The number of carbonyl (C=O) groups excluding carboxylic acids is 2. The fourth-order valence-electron chi connectivity index (χ4n) is 3.64. The van der Waals surface area contributed by atoms with E-state index in [9.17, 15) is 9.59 Å². The van der Waals surface area contributed by atoms with Crippen molar-refractivity contribution in [3.05, 3.63) is 0 Å². The first-order valence-corrected chi connectivity index (χ1v) is 7.76. The zero-order valence-electron chi connectivity index (χ0n) is 11.9. The van der Waals surface area contributed by atoms with E-state index in [2.05, 4.69) is 20.4 Å². The second kappa shape index (κ2) is 6.20. The molecule has 1 atom stereocenters. The van der Waals surface area contributed by atoms with Crippen molar-refractivity contribution in [3.63, 3.8) is 0 Å². The molecular formula is C14H24N4O2. The Morgan fingerprint density at radius 2 is 1.60 bits per heavy atom. The van der Waals surface area contributed by atoms with Crippen molar-refractivity contribution in [3.8, 4) is 0 Å². The normalized spacial score (nSPS) is 31.3. The smallest absolute Gasteiger partial charge is 0.243 e. The first kappa shape index (κ1) is 14.0. The summed E-state index contributed by atoms with van der Waals surface area (Å²) in [7, 11) is 0. The van der Waals surface area contributed by atoms with E-state index < -0.39 is 0 Å². The van der Waals surface area contributed by atoms with Crippen LogP contribution in [0.25, 0.3) is 0 Å². The van der Waals surface area contributed by atoms with Gasteiger partial charge in [0.25, 0.3) is 0 Å². The number of carbonyl (C=O) groups is 2. The Bertz CT molecular complexity index is 373. The summed E-state index contributed by atoms with van der Waals surface area (Å²) in [6.07, 6.45) is 3.44. The van der Waals surface area contributed by atoms with Crippen LogP contribution < -0.4 is 10.6 Å². The van der Waals surface area contributed by atoms with Crippen LogP contribution in [0.2, 0.25) is 0 Å². The molecule has 3 aliphatic rings. The van der Waals surface area contributed by atoms with Gasteiger partial charge in [-0.3, -0.25) is 24.7 Å². The van der Waals surface area contributed by atoms with Crippen LogP contribution in [0, 0.1) is 0 Å². The number of rotatable bonds is 2. The number of likely N-dealkylation sites (tertiary alicyclic amines) is 1. The highest BCUT2D eigenvalue weighted by molar-refractivity contribution is 6.00. The molecule has 0 aliphatic carbocycles. The standard InChI is InChI=1S/C14H24N4O2/c19-13-2-1-12(14(20)16-13)18-7-3-11(4-8-18)17-9-5-15-6-10-17/h11-12,15H,1-10H2,(H,16,19,20). The lowest BCUT2D eigenvalue weighted by Crippen LogP contribution is -2.57. The lowest BCUT2D eigenvalue weighted by atomic mass is 9.97. The maximum Gasteiger partial charge on any atom is 0.243 e. The van der Waals surface area contributed by atoms with E-state index in [-0.39, 0.29) is 17.9 Å². The molecule has 6 heteroatoms. The van der Waals surface area contributed by atoms with Gasteiger partial charge in [0.05, 0.1) is 6.04 Å². The molecule has 3 rings (SSSR count). The molecule has 3 aliphatic heterocycles. The lowest BCUT2D eigenvalue weighted by Gasteiger charge is -2.42. The van der Waals surface area contributed by atoms with Crippen LogP contribution in [0.15, 0.2) is 0 Å². The molecule has 3 saturated heterocycles. The van der Waals surface area contributed by atoms with Crippen molar-refractivity contribution in [2.75, 3.05) is 39.3 Å². The molecule has 1 unspecified atom stereocenters. The van der Waals surface area contributed by atoms with E-state index in [0.29, 0.717) is 18.9 Å². The van der Waals surface area contributed by atoms with Crippen molar-refractivity contribution in [2.45, 2.75) is 37.8 Å². The molecule has 0 aromatic heterocycles. The summed E-state index contributed by atoms with van der Waals surface area (Å²) >= 11 is 0. The van der Waals surface area contributed by atoms with Gasteiger partial charge in [-0.05, 0) is 19.3 Å². The fourth-order valence-corrected chi connectivity index (χ4v) is 3.64. The number of hydrogen-bond donors (Lipinski definition) is 2. The molecule has 2 N–H and O–H groups in total. The SMILES string of the molecule is O=C1CCC(N2CCC(N3CCNCC3)CC2)C(=O)N1. The Morgan fingerprint density at radius 3 is 2.25 bits per heavy atom. The Balaban J connectivity index is 1.50. The van der Waals surface area contributed by atoms with Gasteiger partial charge < -0.3 is 5.32 Å². The number of piperidine rings is 2. The van der Waals surface area contributed by atoms with Crippen molar-refractivity contribution in [2.24, 2.45) is 0 Å². The van der Waals surface area contributed by atoms with Crippen molar-refractivity contribution < 1.29 is 9.59 Å². The minimum absolute atomic E-state index is 0.0864. The van der Waals surface area contributed by atoms with Crippen LogP contribution in [0.4, 0.5) is 0 Å². The molecule has 0 bridgehead atoms. The third-order valence-electron chi connectivity index (χ3n) is 4.82. The van der Waals surface area contributed by atoms with Crippen LogP contribution >= 0.6 is 0 Å². The van der Waals surface area contributed by atoms with Gasteiger partial charge in [-0.15, -0.1) is 0 Å². The highest BCUT2D eigenvalue weighted by Gasteiger charge is 2.34. The van der Waals surface area contributed by atoms with Crippen LogP contribution in [0.3, 0.4) is 0 Å². The molecule has 112 valence electrons. The Labute approximate surface area is 119 Å². The van der Waals surface area contributed by atoms with E-state index in [1.165, 1.54) is 0 Å². The van der Waals surface area contributed by atoms with Gasteiger partial charge in [-0.1, -0.05) is 0 Å². The van der Waals surface area contributed by atoms with Gasteiger partial charge in [-0.2, -0.15) is 0 Å². The zero-order valence-corrected chi connectivity index (χ0v) is 11.9. The average Bonchev–Trinajstić information content (AvgIpc) is 2.48. The van der Waals surface area contributed by atoms with Crippen molar-refractivity contribution in [1.82, 2.24) is 20.4 Å². The molecular weight excluding hydrogens is 256 g/mol. The number of imide groups is 1. The molecule has 2 amide bonds. The molecule has 6 nitrogen and oxygen atoms in total. The van der Waals surface area contributed by atoms with Crippen LogP contribution in [-0.2, 0) is 9.59 Å². The summed E-state index contributed by atoms with van der Waals surface area (Å²) in [5.74, 6) is -0.219. The predicted molar refractivity (Wildman–Crippen MR) is 75.2 cm³/mol. The van der Waals surface area contributed by atoms with Crippen LogP contribution in [-0.4, -0.2) is 73.0 Å². The van der Waals surface area contributed by atoms with E-state index in [1.54, 1.807) is 0 Å².